The summed E-state index contributed by atoms with van der Waals surface area (Å²) in [7, 11) is 0. The summed E-state index contributed by atoms with van der Waals surface area (Å²) < 4.78 is 5.45. The number of carboxylic acid groups (broad SMARTS) is 1. The standard InChI is InChI=1S/C31H27N3O5S/c1-30(2,3)38-26(19-20-35)39-34-27(28(36)37)25-21-40-29(32-25)33-31(22-13-7-4-8-14-22,23-15-9-5-10-16-23)24-17-11-6-12-18-24/h4-18,21H,1-3H3,(H,32,33)(H,36,37). The number of carboxylic acids is 1. The first-order valence-electron chi connectivity index (χ1n) is 12.3. The minimum absolute atomic E-state index is 0.0632. The molecule has 40 heavy (non-hydrogen) atoms. The number of carbonyl (C=O) groups is 1. The van der Waals surface area contributed by atoms with Gasteiger partial charge in [0.05, 0.1) is 5.73 Å². The van der Waals surface area contributed by atoms with Crippen LogP contribution in [0.5, 0.6) is 0 Å². The smallest absolute Gasteiger partial charge is 0.368 e. The average molecular weight is 554 g/mol. The molecule has 202 valence electrons. The van der Waals surface area contributed by atoms with Crippen molar-refractivity contribution in [1.29, 1.82) is 0 Å². The van der Waals surface area contributed by atoms with Crippen LogP contribution in [0.4, 0.5) is 5.13 Å². The molecule has 0 unspecified atom stereocenters. The zero-order valence-corrected chi connectivity index (χ0v) is 22.9. The third-order valence-corrected chi connectivity index (χ3v) is 6.39. The Morgan fingerprint density at radius 3 is 1.82 bits per heavy atom. The normalized spacial score (nSPS) is 11.6. The van der Waals surface area contributed by atoms with Crippen molar-refractivity contribution in [3.8, 4) is 0 Å². The fourth-order valence-corrected chi connectivity index (χ4v) is 4.80. The lowest BCUT2D eigenvalue weighted by atomic mass is 9.77. The number of anilines is 1. The minimum Gasteiger partial charge on any atom is -0.476 e. The van der Waals surface area contributed by atoms with Crippen molar-refractivity contribution in [2.24, 2.45) is 5.16 Å². The van der Waals surface area contributed by atoms with Crippen molar-refractivity contribution in [2.45, 2.75) is 31.9 Å². The third kappa shape index (κ3) is 6.54. The molecule has 0 spiro atoms. The zero-order valence-electron chi connectivity index (χ0n) is 22.1. The molecule has 0 radical (unpaired) electrons. The molecule has 0 aliphatic heterocycles. The highest BCUT2D eigenvalue weighted by atomic mass is 32.1. The summed E-state index contributed by atoms with van der Waals surface area (Å²) in [6, 6.07) is 29.8. The number of oxime groups is 1. The second-order valence-corrected chi connectivity index (χ2v) is 10.4. The number of thiazole rings is 1. The van der Waals surface area contributed by atoms with Gasteiger partial charge in [0, 0.05) is 5.38 Å². The van der Waals surface area contributed by atoms with E-state index in [4.69, 9.17) is 9.57 Å². The lowest BCUT2D eigenvalue weighted by molar-refractivity contribution is -0.129. The number of nitrogens with one attached hydrogen (secondary N) is 1. The van der Waals surface area contributed by atoms with E-state index in [-0.39, 0.29) is 5.69 Å². The Labute approximate surface area is 235 Å². The van der Waals surface area contributed by atoms with Crippen LogP contribution in [0, 0.1) is 0 Å². The first kappa shape index (κ1) is 28.1. The summed E-state index contributed by atoms with van der Waals surface area (Å²) in [5.41, 5.74) is 3.01. The summed E-state index contributed by atoms with van der Waals surface area (Å²) in [5.74, 6) is -0.351. The molecule has 0 saturated heterocycles. The highest BCUT2D eigenvalue weighted by Crippen LogP contribution is 2.40. The molecular weight excluding hydrogens is 526 g/mol. The zero-order chi connectivity index (χ0) is 28.6. The van der Waals surface area contributed by atoms with Crippen LogP contribution in [0.1, 0.15) is 43.2 Å². The van der Waals surface area contributed by atoms with Crippen molar-refractivity contribution < 1.29 is 24.3 Å². The summed E-state index contributed by atoms with van der Waals surface area (Å²) in [6.45, 7) is 5.17. The van der Waals surface area contributed by atoms with Gasteiger partial charge in [0.2, 0.25) is 5.71 Å². The SMILES string of the molecule is CC(C)(C)OC(=C=C=O)ON=C(C(=O)O)c1csc(NC(c2ccccc2)(c2ccccc2)c2ccccc2)n1. The maximum atomic E-state index is 12.1. The lowest BCUT2D eigenvalue weighted by Gasteiger charge is -2.36. The van der Waals surface area contributed by atoms with Crippen molar-refractivity contribution in [1.82, 2.24) is 4.98 Å². The highest BCUT2D eigenvalue weighted by Gasteiger charge is 2.37. The molecule has 1 aromatic heterocycles. The molecule has 3 aromatic carbocycles. The molecule has 0 aliphatic carbocycles. The fraction of sp³-hybridized carbons (Fsp3) is 0.161. The Morgan fingerprint density at radius 1 is 0.900 bits per heavy atom. The molecule has 0 fully saturated rings. The van der Waals surface area contributed by atoms with Gasteiger partial charge in [-0.1, -0.05) is 96.2 Å². The van der Waals surface area contributed by atoms with E-state index < -0.39 is 28.8 Å². The first-order chi connectivity index (χ1) is 19.2. The van der Waals surface area contributed by atoms with Crippen LogP contribution in [-0.4, -0.2) is 33.3 Å². The number of aliphatic carboxylic acids is 1. The predicted molar refractivity (Wildman–Crippen MR) is 154 cm³/mol. The van der Waals surface area contributed by atoms with Gasteiger partial charge in [-0.3, -0.25) is 0 Å². The van der Waals surface area contributed by atoms with Crippen LogP contribution in [0.15, 0.2) is 113 Å². The molecule has 0 saturated carbocycles. The van der Waals surface area contributed by atoms with Crippen LogP contribution < -0.4 is 5.32 Å². The second kappa shape index (κ2) is 12.3. The van der Waals surface area contributed by atoms with Gasteiger partial charge in [-0.15, -0.1) is 11.3 Å². The predicted octanol–water partition coefficient (Wildman–Crippen LogP) is 6.00. The van der Waals surface area contributed by atoms with Crippen molar-refractivity contribution in [2.75, 3.05) is 5.32 Å². The summed E-state index contributed by atoms with van der Waals surface area (Å²) in [6.07, 6.45) is 0. The molecule has 0 amide bonds. The van der Waals surface area contributed by atoms with Gasteiger partial charge in [-0.05, 0) is 37.5 Å². The van der Waals surface area contributed by atoms with Gasteiger partial charge in [0.25, 0.3) is 0 Å². The average Bonchev–Trinajstić information content (AvgIpc) is 3.40. The number of nitrogens with zero attached hydrogens (tertiary/aromatic N) is 2. The van der Waals surface area contributed by atoms with Crippen molar-refractivity contribution in [3.05, 3.63) is 130 Å². The fourth-order valence-electron chi connectivity index (χ4n) is 4.05. The number of hydrogen-bond donors (Lipinski definition) is 2. The van der Waals surface area contributed by atoms with E-state index in [0.29, 0.717) is 5.13 Å². The van der Waals surface area contributed by atoms with E-state index >= 15 is 0 Å². The van der Waals surface area contributed by atoms with Gasteiger partial charge in [0.15, 0.2) is 11.1 Å². The first-order valence-corrected chi connectivity index (χ1v) is 13.2. The Bertz CT molecular complexity index is 1470. The quantitative estimate of drug-likeness (QED) is 0.0619. The lowest BCUT2D eigenvalue weighted by Crippen LogP contribution is -2.38. The molecular formula is C31H27N3O5S. The van der Waals surface area contributed by atoms with Crippen LogP contribution >= 0.6 is 11.3 Å². The van der Waals surface area contributed by atoms with E-state index in [0.717, 1.165) is 16.7 Å². The number of ether oxygens (including phenoxy) is 1. The molecule has 8 nitrogen and oxygen atoms in total. The number of aromatic nitrogens is 1. The minimum atomic E-state index is -1.37. The summed E-state index contributed by atoms with van der Waals surface area (Å²) in [5, 5.41) is 19.2. The Hall–Kier alpha value is -4.94. The van der Waals surface area contributed by atoms with E-state index in [1.54, 1.807) is 26.2 Å². The van der Waals surface area contributed by atoms with Gasteiger partial charge < -0.3 is 20.0 Å². The molecule has 2 N–H and O–H groups in total. The maximum absolute atomic E-state index is 12.1. The largest absolute Gasteiger partial charge is 0.476 e. The van der Waals surface area contributed by atoms with Crippen LogP contribution in [-0.2, 0) is 24.7 Å². The van der Waals surface area contributed by atoms with Crippen molar-refractivity contribution >= 4 is 34.1 Å². The van der Waals surface area contributed by atoms with Crippen LogP contribution in [0.2, 0.25) is 0 Å². The number of hydrogen-bond acceptors (Lipinski definition) is 8. The van der Waals surface area contributed by atoms with Gasteiger partial charge in [-0.2, -0.15) is 0 Å². The Kier molecular flexibility index (Phi) is 8.62. The molecule has 9 heteroatoms. The number of benzene rings is 3. The summed E-state index contributed by atoms with van der Waals surface area (Å²) >= 11 is 1.22. The number of rotatable bonds is 10. The molecule has 0 atom stereocenters. The molecule has 0 aliphatic rings. The molecule has 4 rings (SSSR count). The summed E-state index contributed by atoms with van der Waals surface area (Å²) in [4.78, 5) is 32.6. The van der Waals surface area contributed by atoms with Crippen molar-refractivity contribution in [3.63, 3.8) is 0 Å². The third-order valence-electron chi connectivity index (χ3n) is 5.64. The van der Waals surface area contributed by atoms with E-state index in [1.807, 2.05) is 91.0 Å². The molecule has 4 aromatic rings. The second-order valence-electron chi connectivity index (χ2n) is 9.58. The Morgan fingerprint density at radius 2 is 1.40 bits per heavy atom. The van der Waals surface area contributed by atoms with Crippen LogP contribution in [0.25, 0.3) is 0 Å². The highest BCUT2D eigenvalue weighted by molar-refractivity contribution is 7.14. The van der Waals surface area contributed by atoms with Gasteiger partial charge in [-0.25, -0.2) is 14.6 Å². The molecule has 1 heterocycles. The Balaban J connectivity index is 1.78. The van der Waals surface area contributed by atoms with E-state index in [2.05, 4.69) is 21.2 Å². The van der Waals surface area contributed by atoms with E-state index in [9.17, 15) is 14.7 Å². The van der Waals surface area contributed by atoms with Gasteiger partial charge in [0.1, 0.15) is 16.8 Å². The van der Waals surface area contributed by atoms with Gasteiger partial charge >= 0.3 is 11.9 Å². The molecule has 0 bridgehead atoms. The van der Waals surface area contributed by atoms with E-state index in [1.165, 1.54) is 17.3 Å². The van der Waals surface area contributed by atoms with Crippen LogP contribution in [0.3, 0.4) is 0 Å². The topological polar surface area (TPSA) is 110 Å². The maximum Gasteiger partial charge on any atom is 0.368 e. The monoisotopic (exact) mass is 553 g/mol. The number of carbonyl (C=O) groups excluding carboxylic acids is 1.